The SMILES string of the molecule is CCC=NOCCC(Oc1ccc(Cl)c2cccnc12)C(=O)O. The van der Waals surface area contributed by atoms with Crippen molar-refractivity contribution in [3.05, 3.63) is 35.5 Å². The molecule has 7 heteroatoms. The Bertz CT molecular complexity index is 706. The highest BCUT2D eigenvalue weighted by molar-refractivity contribution is 6.35. The summed E-state index contributed by atoms with van der Waals surface area (Å²) in [7, 11) is 0. The van der Waals surface area contributed by atoms with Gasteiger partial charge in [-0.25, -0.2) is 4.79 Å². The van der Waals surface area contributed by atoms with E-state index < -0.39 is 12.1 Å². The van der Waals surface area contributed by atoms with Crippen LogP contribution in [0.5, 0.6) is 5.75 Å². The number of aromatic nitrogens is 1. The van der Waals surface area contributed by atoms with Crippen LogP contribution < -0.4 is 4.74 Å². The van der Waals surface area contributed by atoms with Gasteiger partial charge in [-0.2, -0.15) is 0 Å². The van der Waals surface area contributed by atoms with Crippen molar-refractivity contribution < 1.29 is 19.5 Å². The predicted molar refractivity (Wildman–Crippen MR) is 88.2 cm³/mol. The first kappa shape index (κ1) is 17.0. The second-order valence-corrected chi connectivity index (χ2v) is 5.12. The molecular formula is C16H17ClN2O4. The zero-order valence-electron chi connectivity index (χ0n) is 12.6. The van der Waals surface area contributed by atoms with Gasteiger partial charge in [0.25, 0.3) is 0 Å². The summed E-state index contributed by atoms with van der Waals surface area (Å²) in [6.07, 6.45) is 3.06. The fourth-order valence-electron chi connectivity index (χ4n) is 1.93. The standard InChI is InChI=1S/C16H17ClN2O4/c1-2-8-19-22-10-7-14(16(20)21)23-13-6-5-12(17)11-4-3-9-18-15(11)13/h3-6,8-9,14H,2,7,10H2,1H3,(H,20,21). The molecule has 0 bridgehead atoms. The van der Waals surface area contributed by atoms with Crippen LogP contribution in [-0.4, -0.2) is 35.0 Å². The summed E-state index contributed by atoms with van der Waals surface area (Å²) in [4.78, 5) is 20.6. The van der Waals surface area contributed by atoms with Gasteiger partial charge >= 0.3 is 5.97 Å². The molecule has 1 heterocycles. The molecule has 0 saturated heterocycles. The van der Waals surface area contributed by atoms with Gasteiger partial charge in [0.1, 0.15) is 17.9 Å². The Morgan fingerprint density at radius 1 is 1.48 bits per heavy atom. The zero-order chi connectivity index (χ0) is 16.7. The van der Waals surface area contributed by atoms with Crippen molar-refractivity contribution in [2.24, 2.45) is 5.16 Å². The normalized spacial score (nSPS) is 12.4. The molecule has 0 amide bonds. The lowest BCUT2D eigenvalue weighted by Crippen LogP contribution is -2.28. The molecule has 0 aliphatic heterocycles. The second-order valence-electron chi connectivity index (χ2n) is 4.71. The molecule has 23 heavy (non-hydrogen) atoms. The smallest absolute Gasteiger partial charge is 0.345 e. The number of carboxylic acids is 1. The van der Waals surface area contributed by atoms with E-state index in [0.29, 0.717) is 21.7 Å². The number of oxime groups is 1. The molecule has 0 aliphatic carbocycles. The van der Waals surface area contributed by atoms with E-state index >= 15 is 0 Å². The summed E-state index contributed by atoms with van der Waals surface area (Å²) < 4.78 is 5.60. The lowest BCUT2D eigenvalue weighted by Gasteiger charge is -2.16. The Labute approximate surface area is 138 Å². The highest BCUT2D eigenvalue weighted by atomic mass is 35.5. The summed E-state index contributed by atoms with van der Waals surface area (Å²) in [6.45, 7) is 2.07. The van der Waals surface area contributed by atoms with Crippen molar-refractivity contribution in [3.8, 4) is 5.75 Å². The maximum Gasteiger partial charge on any atom is 0.345 e. The van der Waals surface area contributed by atoms with E-state index in [1.54, 1.807) is 36.7 Å². The van der Waals surface area contributed by atoms with Gasteiger partial charge in [0.15, 0.2) is 6.10 Å². The van der Waals surface area contributed by atoms with Crippen LogP contribution >= 0.6 is 11.6 Å². The number of carboxylic acid groups (broad SMARTS) is 1. The highest BCUT2D eigenvalue weighted by Crippen LogP contribution is 2.30. The van der Waals surface area contributed by atoms with Crippen LogP contribution in [0.1, 0.15) is 19.8 Å². The minimum Gasteiger partial charge on any atom is -0.479 e. The molecule has 0 fully saturated rings. The number of benzene rings is 1. The summed E-state index contributed by atoms with van der Waals surface area (Å²) in [5.74, 6) is -0.707. The van der Waals surface area contributed by atoms with E-state index in [2.05, 4.69) is 10.1 Å². The van der Waals surface area contributed by atoms with E-state index in [9.17, 15) is 9.90 Å². The molecule has 0 radical (unpaired) electrons. The van der Waals surface area contributed by atoms with Gasteiger partial charge in [-0.15, -0.1) is 0 Å². The number of pyridine rings is 1. The number of hydrogen-bond acceptors (Lipinski definition) is 5. The number of rotatable bonds is 8. The largest absolute Gasteiger partial charge is 0.479 e. The van der Waals surface area contributed by atoms with Crippen LogP contribution in [0.25, 0.3) is 10.9 Å². The van der Waals surface area contributed by atoms with E-state index in [0.717, 1.165) is 6.42 Å². The monoisotopic (exact) mass is 336 g/mol. The van der Waals surface area contributed by atoms with Gasteiger partial charge in [0, 0.05) is 24.2 Å². The zero-order valence-corrected chi connectivity index (χ0v) is 13.4. The van der Waals surface area contributed by atoms with Crippen LogP contribution in [0.15, 0.2) is 35.6 Å². The molecule has 1 N–H and O–H groups in total. The van der Waals surface area contributed by atoms with Crippen LogP contribution in [0, 0.1) is 0 Å². The van der Waals surface area contributed by atoms with Crippen LogP contribution in [0.4, 0.5) is 0 Å². The van der Waals surface area contributed by atoms with Crippen LogP contribution in [-0.2, 0) is 9.63 Å². The molecule has 1 atom stereocenters. The number of hydrogen-bond donors (Lipinski definition) is 1. The van der Waals surface area contributed by atoms with Gasteiger partial charge < -0.3 is 14.7 Å². The fourth-order valence-corrected chi connectivity index (χ4v) is 2.15. The third kappa shape index (κ3) is 4.56. The molecule has 2 rings (SSSR count). The van der Waals surface area contributed by atoms with Crippen LogP contribution in [0.2, 0.25) is 5.02 Å². The Morgan fingerprint density at radius 3 is 3.04 bits per heavy atom. The molecule has 1 unspecified atom stereocenters. The third-order valence-corrected chi connectivity index (χ3v) is 3.36. The van der Waals surface area contributed by atoms with Crippen molar-refractivity contribution in [1.82, 2.24) is 4.98 Å². The van der Waals surface area contributed by atoms with Crippen molar-refractivity contribution >= 4 is 34.7 Å². The summed E-state index contributed by atoms with van der Waals surface area (Å²) in [5.41, 5.74) is 0.524. The average Bonchev–Trinajstić information content (AvgIpc) is 2.55. The molecule has 0 saturated carbocycles. The van der Waals surface area contributed by atoms with E-state index in [-0.39, 0.29) is 13.0 Å². The molecular weight excluding hydrogens is 320 g/mol. The van der Waals surface area contributed by atoms with E-state index in [1.807, 2.05) is 6.92 Å². The Hall–Kier alpha value is -2.34. The summed E-state index contributed by atoms with van der Waals surface area (Å²) in [5, 5.41) is 14.2. The quantitative estimate of drug-likeness (QED) is 0.453. The van der Waals surface area contributed by atoms with Gasteiger partial charge in [-0.3, -0.25) is 4.98 Å². The van der Waals surface area contributed by atoms with Gasteiger partial charge in [-0.05, 0) is 30.7 Å². The van der Waals surface area contributed by atoms with Crippen LogP contribution in [0.3, 0.4) is 0 Å². The lowest BCUT2D eigenvalue weighted by atomic mass is 10.2. The van der Waals surface area contributed by atoms with E-state index in [4.69, 9.17) is 21.2 Å². The number of ether oxygens (including phenoxy) is 1. The Morgan fingerprint density at radius 2 is 2.30 bits per heavy atom. The first-order valence-electron chi connectivity index (χ1n) is 7.20. The molecule has 0 spiro atoms. The van der Waals surface area contributed by atoms with Gasteiger partial charge in [-0.1, -0.05) is 23.7 Å². The maximum absolute atomic E-state index is 11.4. The Balaban J connectivity index is 2.13. The average molecular weight is 337 g/mol. The Kier molecular flexibility index (Phi) is 6.17. The molecule has 1 aromatic carbocycles. The first-order chi connectivity index (χ1) is 11.1. The predicted octanol–water partition coefficient (Wildman–Crippen LogP) is 3.52. The fraction of sp³-hybridized carbons (Fsp3) is 0.312. The number of carbonyl (C=O) groups is 1. The topological polar surface area (TPSA) is 81.0 Å². The van der Waals surface area contributed by atoms with Crippen molar-refractivity contribution in [2.45, 2.75) is 25.9 Å². The summed E-state index contributed by atoms with van der Waals surface area (Å²) in [6, 6.07) is 6.83. The number of aliphatic carboxylic acids is 1. The van der Waals surface area contributed by atoms with Crippen molar-refractivity contribution in [3.63, 3.8) is 0 Å². The third-order valence-electron chi connectivity index (χ3n) is 3.03. The minimum absolute atomic E-state index is 0.145. The lowest BCUT2D eigenvalue weighted by molar-refractivity contribution is -0.145. The number of halogens is 1. The highest BCUT2D eigenvalue weighted by Gasteiger charge is 2.21. The minimum atomic E-state index is -1.08. The van der Waals surface area contributed by atoms with Gasteiger partial charge in [0.2, 0.25) is 0 Å². The summed E-state index contributed by atoms with van der Waals surface area (Å²) >= 11 is 6.11. The first-order valence-corrected chi connectivity index (χ1v) is 7.57. The van der Waals surface area contributed by atoms with Crippen molar-refractivity contribution in [2.75, 3.05) is 6.61 Å². The molecule has 2 aromatic rings. The second kappa shape index (κ2) is 8.33. The molecule has 122 valence electrons. The molecule has 6 nitrogen and oxygen atoms in total. The molecule has 0 aliphatic rings. The van der Waals surface area contributed by atoms with E-state index in [1.165, 1.54) is 0 Å². The number of nitrogens with zero attached hydrogens (tertiary/aromatic N) is 2. The number of fused-ring (bicyclic) bond motifs is 1. The molecule has 1 aromatic heterocycles. The maximum atomic E-state index is 11.4. The van der Waals surface area contributed by atoms with Gasteiger partial charge in [0.05, 0.1) is 5.02 Å². The van der Waals surface area contributed by atoms with Crippen molar-refractivity contribution in [1.29, 1.82) is 0 Å².